The Hall–Kier alpha value is -0.600. The predicted octanol–water partition coefficient (Wildman–Crippen LogP) is 6.70. The lowest BCUT2D eigenvalue weighted by molar-refractivity contribution is 0.852. The second-order valence-electron chi connectivity index (χ2n) is 5.61. The molecule has 0 spiro atoms. The van der Waals surface area contributed by atoms with E-state index in [9.17, 15) is 0 Å². The molecule has 0 saturated heterocycles. The Bertz CT molecular complexity index is 686. The van der Waals surface area contributed by atoms with Crippen LogP contribution in [0.15, 0.2) is 33.2 Å². The molecule has 0 atom stereocenters. The van der Waals surface area contributed by atoms with E-state index in [4.69, 9.17) is 0 Å². The van der Waals surface area contributed by atoms with Gasteiger partial charge in [0.25, 0.3) is 0 Å². The van der Waals surface area contributed by atoms with Crippen molar-refractivity contribution in [1.29, 1.82) is 0 Å². The number of halogens is 2. The van der Waals surface area contributed by atoms with Crippen LogP contribution in [0.3, 0.4) is 0 Å². The fourth-order valence-corrected chi connectivity index (χ4v) is 4.58. The Kier molecular flexibility index (Phi) is 4.56. The summed E-state index contributed by atoms with van der Waals surface area (Å²) in [6, 6.07) is 8.69. The molecule has 0 amide bonds. The number of hydrogen-bond donors (Lipinski definition) is 0. The molecule has 2 aromatic rings. The topological polar surface area (TPSA) is 0 Å². The second kappa shape index (κ2) is 6.26. The third kappa shape index (κ3) is 2.51. The van der Waals surface area contributed by atoms with E-state index in [1.165, 1.54) is 55.2 Å². The Labute approximate surface area is 144 Å². The lowest BCUT2D eigenvalue weighted by Crippen LogP contribution is -2.02. The van der Waals surface area contributed by atoms with Crippen molar-refractivity contribution in [1.82, 2.24) is 0 Å². The van der Waals surface area contributed by atoms with E-state index in [-0.39, 0.29) is 0 Å². The zero-order valence-electron chi connectivity index (χ0n) is 12.5. The summed E-state index contributed by atoms with van der Waals surface area (Å²) in [6.45, 7) is 4.52. The average molecular weight is 407 g/mol. The first-order chi connectivity index (χ1) is 10.2. The van der Waals surface area contributed by atoms with Crippen molar-refractivity contribution in [2.75, 3.05) is 0 Å². The van der Waals surface area contributed by atoms with Crippen LogP contribution in [-0.4, -0.2) is 0 Å². The van der Waals surface area contributed by atoms with Gasteiger partial charge in [-0.25, -0.2) is 0 Å². The van der Waals surface area contributed by atoms with E-state index in [0.29, 0.717) is 0 Å². The molecule has 0 aliphatic heterocycles. The number of hydrogen-bond acceptors (Lipinski definition) is 0. The first-order valence-corrected chi connectivity index (χ1v) is 9.24. The Morgan fingerprint density at radius 2 is 1.52 bits per heavy atom. The first kappa shape index (κ1) is 15.3. The van der Waals surface area contributed by atoms with E-state index in [1.807, 2.05) is 0 Å². The fourth-order valence-electron chi connectivity index (χ4n) is 3.28. The predicted molar refractivity (Wildman–Crippen MR) is 97.8 cm³/mol. The quantitative estimate of drug-likeness (QED) is 0.452. The second-order valence-corrected chi connectivity index (χ2v) is 7.19. The summed E-state index contributed by atoms with van der Waals surface area (Å²) in [4.78, 5) is 0. The van der Waals surface area contributed by atoms with Gasteiger partial charge in [-0.2, -0.15) is 0 Å². The minimum absolute atomic E-state index is 1.13. The van der Waals surface area contributed by atoms with Crippen molar-refractivity contribution >= 4 is 31.9 Å². The number of rotatable bonds is 4. The zero-order valence-corrected chi connectivity index (χ0v) is 15.6. The van der Waals surface area contributed by atoms with E-state index < -0.39 is 0 Å². The van der Waals surface area contributed by atoms with Gasteiger partial charge in [0.15, 0.2) is 0 Å². The number of benzene rings is 2. The Morgan fingerprint density at radius 1 is 0.857 bits per heavy atom. The van der Waals surface area contributed by atoms with Crippen molar-refractivity contribution in [2.45, 2.75) is 39.5 Å². The van der Waals surface area contributed by atoms with Crippen LogP contribution in [0, 0.1) is 6.42 Å². The highest BCUT2D eigenvalue weighted by molar-refractivity contribution is 9.13. The van der Waals surface area contributed by atoms with Crippen molar-refractivity contribution in [3.8, 4) is 11.1 Å². The van der Waals surface area contributed by atoms with Crippen LogP contribution in [-0.2, 0) is 12.8 Å². The van der Waals surface area contributed by atoms with Gasteiger partial charge in [0.1, 0.15) is 0 Å². The summed E-state index contributed by atoms with van der Waals surface area (Å²) in [6.07, 6.45) is 7.00. The van der Waals surface area contributed by atoms with E-state index in [1.54, 1.807) is 0 Å². The van der Waals surface area contributed by atoms with Crippen LogP contribution in [0.2, 0.25) is 0 Å². The third-order valence-corrected chi connectivity index (χ3v) is 6.37. The summed E-state index contributed by atoms with van der Waals surface area (Å²) >= 11 is 7.69. The van der Waals surface area contributed by atoms with Crippen molar-refractivity contribution in [2.24, 2.45) is 0 Å². The van der Waals surface area contributed by atoms with Gasteiger partial charge >= 0.3 is 0 Å². The van der Waals surface area contributed by atoms with Gasteiger partial charge in [0, 0.05) is 20.9 Å². The first-order valence-electron chi connectivity index (χ1n) is 7.65. The van der Waals surface area contributed by atoms with Gasteiger partial charge in [0.05, 0.1) is 0 Å². The van der Waals surface area contributed by atoms with Crippen LogP contribution in [0.1, 0.15) is 48.9 Å². The van der Waals surface area contributed by atoms with Gasteiger partial charge in [-0.05, 0) is 72.5 Å². The SMILES string of the molecule is CCCc1c(Br)c(Br)c2c(c1CCC)[CH]c1ccccc1-2. The molecule has 0 aromatic heterocycles. The van der Waals surface area contributed by atoms with Crippen molar-refractivity contribution < 1.29 is 0 Å². The molecule has 1 aliphatic carbocycles. The summed E-state index contributed by atoms with van der Waals surface area (Å²) in [5.41, 5.74) is 8.48. The lowest BCUT2D eigenvalue weighted by atomic mass is 9.91. The number of fused-ring (bicyclic) bond motifs is 3. The van der Waals surface area contributed by atoms with Crippen molar-refractivity contribution in [3.05, 3.63) is 61.9 Å². The van der Waals surface area contributed by atoms with Crippen LogP contribution >= 0.6 is 31.9 Å². The van der Waals surface area contributed by atoms with E-state index in [0.717, 1.165) is 12.8 Å². The highest BCUT2D eigenvalue weighted by atomic mass is 79.9. The maximum Gasteiger partial charge on any atom is 0.0401 e. The molecule has 0 N–H and O–H groups in total. The third-order valence-electron chi connectivity index (χ3n) is 4.17. The van der Waals surface area contributed by atoms with E-state index >= 15 is 0 Å². The summed E-state index contributed by atoms with van der Waals surface area (Å²) in [5, 5.41) is 0. The summed E-state index contributed by atoms with van der Waals surface area (Å²) < 4.78 is 2.46. The molecule has 0 nitrogen and oxygen atoms in total. The lowest BCUT2D eigenvalue weighted by Gasteiger charge is -2.18. The molecular weight excluding hydrogens is 388 g/mol. The van der Waals surface area contributed by atoms with Gasteiger partial charge in [-0.1, -0.05) is 51.0 Å². The molecule has 0 fully saturated rings. The molecule has 3 rings (SSSR count). The molecule has 0 saturated carbocycles. The Balaban J connectivity index is 2.29. The van der Waals surface area contributed by atoms with E-state index in [2.05, 4.69) is 76.4 Å². The highest BCUT2D eigenvalue weighted by Gasteiger charge is 2.27. The maximum atomic E-state index is 3.85. The van der Waals surface area contributed by atoms with Crippen LogP contribution < -0.4 is 0 Å². The van der Waals surface area contributed by atoms with Gasteiger partial charge in [-0.15, -0.1) is 0 Å². The molecular formula is C19H19Br2. The molecule has 0 unspecified atom stereocenters. The molecule has 2 heteroatoms. The fraction of sp³-hybridized carbons (Fsp3) is 0.316. The minimum Gasteiger partial charge on any atom is -0.0651 e. The monoisotopic (exact) mass is 405 g/mol. The molecule has 1 aliphatic rings. The summed E-state index contributed by atoms with van der Waals surface area (Å²) in [7, 11) is 0. The average Bonchev–Trinajstić information content (AvgIpc) is 2.87. The summed E-state index contributed by atoms with van der Waals surface area (Å²) in [5.74, 6) is 0. The van der Waals surface area contributed by atoms with Crippen LogP contribution in [0.4, 0.5) is 0 Å². The smallest absolute Gasteiger partial charge is 0.0401 e. The highest BCUT2D eigenvalue weighted by Crippen LogP contribution is 2.49. The standard InChI is InChI=1S/C19H19Br2/c1-3-7-14-15(8-4-2)18(20)19(21)17-13-10-6-5-9-12(13)11-16(14)17/h5-6,9-11H,3-4,7-8H2,1-2H3. The van der Waals surface area contributed by atoms with Crippen LogP contribution in [0.5, 0.6) is 0 Å². The molecule has 0 bridgehead atoms. The maximum absolute atomic E-state index is 3.85. The minimum atomic E-state index is 1.13. The van der Waals surface area contributed by atoms with Gasteiger partial charge < -0.3 is 0 Å². The normalized spacial score (nSPS) is 12.4. The molecule has 21 heavy (non-hydrogen) atoms. The molecule has 2 aromatic carbocycles. The van der Waals surface area contributed by atoms with Crippen molar-refractivity contribution in [3.63, 3.8) is 0 Å². The largest absolute Gasteiger partial charge is 0.0651 e. The van der Waals surface area contributed by atoms with Gasteiger partial charge in [-0.3, -0.25) is 0 Å². The Morgan fingerprint density at radius 3 is 2.24 bits per heavy atom. The molecule has 0 heterocycles. The van der Waals surface area contributed by atoms with Crippen LogP contribution in [0.25, 0.3) is 11.1 Å². The molecule has 109 valence electrons. The zero-order chi connectivity index (χ0) is 15.0. The molecule has 1 radical (unpaired) electrons. The van der Waals surface area contributed by atoms with Gasteiger partial charge in [0.2, 0.25) is 0 Å².